The second kappa shape index (κ2) is 8.26. The van der Waals surface area contributed by atoms with E-state index < -0.39 is 10.0 Å². The Balaban J connectivity index is 1.79. The molecule has 2 aliphatic rings. The molecule has 0 radical (unpaired) electrons. The Morgan fingerprint density at radius 3 is 2.43 bits per heavy atom. The average molecular weight is 344 g/mol. The summed E-state index contributed by atoms with van der Waals surface area (Å²) >= 11 is 0. The van der Waals surface area contributed by atoms with E-state index in [0.29, 0.717) is 13.1 Å². The largest absolute Gasteiger partial charge is 0.373 e. The lowest BCUT2D eigenvalue weighted by molar-refractivity contribution is -0.116. The van der Waals surface area contributed by atoms with E-state index in [1.165, 1.54) is 16.3 Å². The van der Waals surface area contributed by atoms with Gasteiger partial charge < -0.3 is 10.1 Å². The van der Waals surface area contributed by atoms with Crippen LogP contribution in [0.15, 0.2) is 11.6 Å². The van der Waals surface area contributed by atoms with Gasteiger partial charge in [-0.05, 0) is 39.5 Å². The molecule has 1 aliphatic carbocycles. The molecule has 1 amide bonds. The van der Waals surface area contributed by atoms with Crippen LogP contribution in [0.3, 0.4) is 0 Å². The molecular weight excluding hydrogens is 316 g/mol. The molecule has 1 aliphatic heterocycles. The zero-order valence-corrected chi connectivity index (χ0v) is 14.9. The lowest BCUT2D eigenvalue weighted by Gasteiger charge is -2.34. The van der Waals surface area contributed by atoms with Gasteiger partial charge in [0.25, 0.3) is 0 Å². The van der Waals surface area contributed by atoms with E-state index in [9.17, 15) is 13.2 Å². The van der Waals surface area contributed by atoms with Crippen LogP contribution in [0.25, 0.3) is 0 Å². The first-order valence-corrected chi connectivity index (χ1v) is 10.1. The number of carbonyl (C=O) groups is 1. The third kappa shape index (κ3) is 5.90. The van der Waals surface area contributed by atoms with E-state index in [4.69, 9.17) is 4.74 Å². The fourth-order valence-corrected chi connectivity index (χ4v) is 4.67. The van der Waals surface area contributed by atoms with Crippen LogP contribution < -0.4 is 5.32 Å². The minimum atomic E-state index is -3.36. The molecule has 1 saturated carbocycles. The van der Waals surface area contributed by atoms with Gasteiger partial charge in [-0.15, -0.1) is 0 Å². The molecule has 23 heavy (non-hydrogen) atoms. The lowest BCUT2D eigenvalue weighted by atomic mass is 9.95. The first-order valence-electron chi connectivity index (χ1n) is 8.47. The highest BCUT2D eigenvalue weighted by Gasteiger charge is 2.30. The first-order chi connectivity index (χ1) is 10.9. The number of hydrogen-bond donors (Lipinski definition) is 1. The first kappa shape index (κ1) is 18.4. The monoisotopic (exact) mass is 344 g/mol. The van der Waals surface area contributed by atoms with Gasteiger partial charge in [-0.2, -0.15) is 4.31 Å². The van der Waals surface area contributed by atoms with Gasteiger partial charge in [0, 0.05) is 25.7 Å². The maximum Gasteiger partial charge on any atom is 0.243 e. The number of nitrogens with zero attached hydrogens (tertiary/aromatic N) is 1. The van der Waals surface area contributed by atoms with E-state index in [-0.39, 0.29) is 30.4 Å². The number of rotatable bonds is 5. The van der Waals surface area contributed by atoms with Gasteiger partial charge in [-0.25, -0.2) is 8.42 Å². The summed E-state index contributed by atoms with van der Waals surface area (Å²) in [6, 6.07) is 0. The Morgan fingerprint density at radius 1 is 1.22 bits per heavy atom. The molecule has 0 aromatic rings. The molecule has 0 bridgehead atoms. The average Bonchev–Trinajstić information content (AvgIpc) is 2.47. The Bertz CT molecular complexity index is 526. The van der Waals surface area contributed by atoms with Gasteiger partial charge in [-0.3, -0.25) is 4.79 Å². The van der Waals surface area contributed by atoms with Crippen molar-refractivity contribution in [3.05, 3.63) is 11.6 Å². The molecule has 0 spiro atoms. The van der Waals surface area contributed by atoms with Crippen LogP contribution in [-0.4, -0.2) is 56.2 Å². The van der Waals surface area contributed by atoms with Crippen LogP contribution in [0, 0.1) is 0 Å². The Labute approximate surface area is 139 Å². The zero-order valence-electron chi connectivity index (χ0n) is 14.1. The van der Waals surface area contributed by atoms with Crippen molar-refractivity contribution < 1.29 is 17.9 Å². The van der Waals surface area contributed by atoms with E-state index in [1.807, 2.05) is 13.8 Å². The Morgan fingerprint density at radius 2 is 1.83 bits per heavy atom. The minimum Gasteiger partial charge on any atom is -0.373 e. The highest BCUT2D eigenvalue weighted by atomic mass is 32.2. The Kier molecular flexibility index (Phi) is 6.61. The molecule has 2 unspecified atom stereocenters. The van der Waals surface area contributed by atoms with Crippen molar-refractivity contribution in [1.29, 1.82) is 0 Å². The van der Waals surface area contributed by atoms with E-state index in [2.05, 4.69) is 5.32 Å². The summed E-state index contributed by atoms with van der Waals surface area (Å²) in [5, 5.41) is 2.70. The third-order valence-electron chi connectivity index (χ3n) is 4.27. The van der Waals surface area contributed by atoms with Crippen LogP contribution in [0.1, 0.15) is 46.0 Å². The Hall–Kier alpha value is -0.920. The molecule has 1 heterocycles. The van der Waals surface area contributed by atoms with Gasteiger partial charge in [0.2, 0.25) is 15.9 Å². The van der Waals surface area contributed by atoms with Gasteiger partial charge in [0.15, 0.2) is 0 Å². The predicted octanol–water partition coefficient (Wildman–Crippen LogP) is 1.43. The molecular formula is C16H28N2O4S. The molecule has 7 heteroatoms. The van der Waals surface area contributed by atoms with Gasteiger partial charge in [0.1, 0.15) is 0 Å². The van der Waals surface area contributed by atoms with Crippen molar-refractivity contribution >= 4 is 15.9 Å². The van der Waals surface area contributed by atoms with E-state index >= 15 is 0 Å². The molecule has 1 N–H and O–H groups in total. The fourth-order valence-electron chi connectivity index (χ4n) is 3.18. The van der Waals surface area contributed by atoms with Crippen molar-refractivity contribution in [2.75, 3.05) is 25.4 Å². The van der Waals surface area contributed by atoms with Crippen LogP contribution in [0.2, 0.25) is 0 Å². The predicted molar refractivity (Wildman–Crippen MR) is 89.5 cm³/mol. The number of allylic oxidation sites excluding steroid dienone is 1. The normalized spacial score (nSPS) is 26.8. The summed E-state index contributed by atoms with van der Waals surface area (Å²) in [4.78, 5) is 11.9. The van der Waals surface area contributed by atoms with Crippen LogP contribution in [-0.2, 0) is 19.6 Å². The molecule has 2 rings (SSSR count). The van der Waals surface area contributed by atoms with Crippen molar-refractivity contribution in [2.45, 2.75) is 58.2 Å². The molecule has 0 aromatic heterocycles. The quantitative estimate of drug-likeness (QED) is 0.766. The number of carbonyl (C=O) groups excluding carboxylic acids is 1. The van der Waals surface area contributed by atoms with E-state index in [0.717, 1.165) is 25.7 Å². The number of morpholine rings is 1. The van der Waals surface area contributed by atoms with Gasteiger partial charge in [-0.1, -0.05) is 12.0 Å². The molecule has 1 saturated heterocycles. The fraction of sp³-hybridized carbons (Fsp3) is 0.812. The van der Waals surface area contributed by atoms with Crippen molar-refractivity contribution in [2.24, 2.45) is 0 Å². The smallest absolute Gasteiger partial charge is 0.243 e. The number of nitrogens with one attached hydrogen (secondary N) is 1. The van der Waals surface area contributed by atoms with Crippen molar-refractivity contribution in [1.82, 2.24) is 9.62 Å². The van der Waals surface area contributed by atoms with Crippen LogP contribution in [0.4, 0.5) is 0 Å². The standard InChI is InChI=1S/C16H28N2O4S/c1-13-11-18(12-14(2)22-13)23(20,21)9-8-17-16(19)10-15-6-4-3-5-7-15/h10,13-14H,3-9,11-12H2,1-2H3,(H,17,19). The summed E-state index contributed by atoms with van der Waals surface area (Å²) in [6.45, 7) is 4.65. The third-order valence-corrected chi connectivity index (χ3v) is 6.07. The second-order valence-corrected chi connectivity index (χ2v) is 8.63. The molecule has 2 fully saturated rings. The second-order valence-electron chi connectivity index (χ2n) is 6.54. The maximum absolute atomic E-state index is 12.4. The topological polar surface area (TPSA) is 75.7 Å². The number of amides is 1. The summed E-state index contributed by atoms with van der Waals surface area (Å²) in [6.07, 6.45) is 6.92. The minimum absolute atomic E-state index is 0.0681. The summed E-state index contributed by atoms with van der Waals surface area (Å²) in [7, 11) is -3.36. The zero-order chi connectivity index (χ0) is 16.9. The lowest BCUT2D eigenvalue weighted by Crippen LogP contribution is -2.49. The SMILES string of the molecule is CC1CN(S(=O)(=O)CCNC(=O)C=C2CCCCC2)CC(C)O1. The maximum atomic E-state index is 12.4. The van der Waals surface area contributed by atoms with Crippen LogP contribution in [0.5, 0.6) is 0 Å². The van der Waals surface area contributed by atoms with Crippen molar-refractivity contribution in [3.8, 4) is 0 Å². The summed E-state index contributed by atoms with van der Waals surface area (Å²) < 4.78 is 31.7. The molecule has 0 aromatic carbocycles. The summed E-state index contributed by atoms with van der Waals surface area (Å²) in [5.41, 5.74) is 1.17. The summed E-state index contributed by atoms with van der Waals surface area (Å²) in [5.74, 6) is -0.248. The van der Waals surface area contributed by atoms with Gasteiger partial charge >= 0.3 is 0 Å². The highest BCUT2D eigenvalue weighted by Crippen LogP contribution is 2.22. The number of ether oxygens (including phenoxy) is 1. The van der Waals surface area contributed by atoms with Crippen molar-refractivity contribution in [3.63, 3.8) is 0 Å². The highest BCUT2D eigenvalue weighted by molar-refractivity contribution is 7.89. The number of hydrogen-bond acceptors (Lipinski definition) is 4. The molecule has 132 valence electrons. The van der Waals surface area contributed by atoms with E-state index in [1.54, 1.807) is 6.08 Å². The molecule has 2 atom stereocenters. The molecule has 6 nitrogen and oxygen atoms in total. The van der Waals surface area contributed by atoms with Crippen LogP contribution >= 0.6 is 0 Å². The van der Waals surface area contributed by atoms with Gasteiger partial charge in [0.05, 0.1) is 18.0 Å². The number of sulfonamides is 1.